The van der Waals surface area contributed by atoms with Crippen LogP contribution in [0.3, 0.4) is 0 Å². The minimum Gasteiger partial charge on any atom is -0.480 e. The van der Waals surface area contributed by atoms with Crippen LogP contribution in [0.15, 0.2) is 18.2 Å². The maximum Gasteiger partial charge on any atom is 0.261 e. The fourth-order valence-corrected chi connectivity index (χ4v) is 1.81. The normalized spacial score (nSPS) is 13.9. The monoisotopic (exact) mass is 277 g/mol. The van der Waals surface area contributed by atoms with Crippen LogP contribution in [0, 0.1) is 19.8 Å². The van der Waals surface area contributed by atoms with Gasteiger partial charge in [-0.25, -0.2) is 0 Å². The summed E-state index contributed by atoms with van der Waals surface area (Å²) >= 11 is 0. The molecule has 112 valence electrons. The molecule has 1 rings (SSSR count). The van der Waals surface area contributed by atoms with Crippen molar-refractivity contribution in [1.29, 1.82) is 0 Å². The molecule has 0 radical (unpaired) electrons. The number of ether oxygens (including phenoxy) is 1. The van der Waals surface area contributed by atoms with E-state index in [0.717, 1.165) is 11.3 Å². The molecule has 0 aliphatic rings. The topological polar surface area (TPSA) is 38.3 Å². The van der Waals surface area contributed by atoms with Crippen LogP contribution < -0.4 is 10.1 Å². The highest BCUT2D eigenvalue weighted by molar-refractivity contribution is 5.81. The second-order valence-electron chi connectivity index (χ2n) is 5.75. The highest BCUT2D eigenvalue weighted by Gasteiger charge is 2.21. The number of nitrogens with one attached hydrogen (secondary N) is 1. The van der Waals surface area contributed by atoms with Gasteiger partial charge < -0.3 is 10.1 Å². The van der Waals surface area contributed by atoms with Crippen LogP contribution in [0.5, 0.6) is 5.75 Å². The zero-order valence-corrected chi connectivity index (χ0v) is 13.5. The number of aryl methyl sites for hydroxylation is 1. The van der Waals surface area contributed by atoms with Gasteiger partial charge in [0.1, 0.15) is 5.75 Å². The van der Waals surface area contributed by atoms with Crippen molar-refractivity contribution in [3.8, 4) is 5.75 Å². The van der Waals surface area contributed by atoms with E-state index >= 15 is 0 Å². The summed E-state index contributed by atoms with van der Waals surface area (Å²) in [6.45, 7) is 12.2. The lowest BCUT2D eigenvalue weighted by molar-refractivity contribution is -0.129. The summed E-state index contributed by atoms with van der Waals surface area (Å²) in [5.74, 6) is 1.18. The van der Waals surface area contributed by atoms with Gasteiger partial charge in [0.2, 0.25) is 0 Å². The third-order valence-corrected chi connectivity index (χ3v) is 3.86. The second-order valence-corrected chi connectivity index (χ2v) is 5.75. The summed E-state index contributed by atoms with van der Waals surface area (Å²) in [6.07, 6.45) is 0.223. The van der Waals surface area contributed by atoms with Crippen molar-refractivity contribution >= 4 is 5.91 Å². The molecule has 1 aromatic carbocycles. The third kappa shape index (κ3) is 4.26. The highest BCUT2D eigenvalue weighted by atomic mass is 16.5. The van der Waals surface area contributed by atoms with E-state index in [2.05, 4.69) is 19.2 Å². The first-order valence-electron chi connectivity index (χ1n) is 7.40. The molecule has 0 unspecified atom stereocenters. The van der Waals surface area contributed by atoms with Crippen molar-refractivity contribution in [3.63, 3.8) is 0 Å². The zero-order chi connectivity index (χ0) is 15.3. The van der Waals surface area contributed by atoms with Crippen LogP contribution >= 0.6 is 0 Å². The van der Waals surface area contributed by atoms with Crippen molar-refractivity contribution in [3.05, 3.63) is 29.3 Å². The maximum absolute atomic E-state index is 12.3. The first kappa shape index (κ1) is 16.5. The lowest BCUT2D eigenvalue weighted by Gasteiger charge is -2.23. The smallest absolute Gasteiger partial charge is 0.261 e. The number of amides is 1. The van der Waals surface area contributed by atoms with Crippen molar-refractivity contribution in [2.24, 2.45) is 5.92 Å². The van der Waals surface area contributed by atoms with Gasteiger partial charge in [-0.15, -0.1) is 0 Å². The second kappa shape index (κ2) is 7.32. The molecular formula is C17H27NO2. The first-order chi connectivity index (χ1) is 9.36. The Bertz CT molecular complexity index is 454. The van der Waals surface area contributed by atoms with Gasteiger partial charge in [0.25, 0.3) is 5.91 Å². The van der Waals surface area contributed by atoms with Crippen molar-refractivity contribution in [1.82, 2.24) is 5.32 Å². The summed E-state index contributed by atoms with van der Waals surface area (Å²) in [4.78, 5) is 12.3. The van der Waals surface area contributed by atoms with Gasteiger partial charge in [-0.1, -0.05) is 32.9 Å². The molecule has 3 heteroatoms. The fraction of sp³-hybridized carbons (Fsp3) is 0.588. The molecule has 2 atom stereocenters. The van der Waals surface area contributed by atoms with Crippen LogP contribution in [0.2, 0.25) is 0 Å². The first-order valence-corrected chi connectivity index (χ1v) is 7.40. The van der Waals surface area contributed by atoms with Crippen LogP contribution in [-0.2, 0) is 4.79 Å². The third-order valence-electron chi connectivity index (χ3n) is 3.86. The molecule has 20 heavy (non-hydrogen) atoms. The molecule has 0 heterocycles. The van der Waals surface area contributed by atoms with E-state index in [9.17, 15) is 4.79 Å². The van der Waals surface area contributed by atoms with E-state index in [-0.39, 0.29) is 11.9 Å². The molecule has 3 nitrogen and oxygen atoms in total. The van der Waals surface area contributed by atoms with Gasteiger partial charge in [0.15, 0.2) is 6.10 Å². The molecule has 1 aromatic rings. The molecule has 0 spiro atoms. The summed E-state index contributed by atoms with van der Waals surface area (Å²) < 4.78 is 5.91. The fourth-order valence-electron chi connectivity index (χ4n) is 1.81. The van der Waals surface area contributed by atoms with Gasteiger partial charge in [0, 0.05) is 6.04 Å². The van der Waals surface area contributed by atoms with Crippen LogP contribution in [-0.4, -0.2) is 18.1 Å². The van der Waals surface area contributed by atoms with Gasteiger partial charge in [-0.3, -0.25) is 4.79 Å². The summed E-state index contributed by atoms with van der Waals surface area (Å²) in [5, 5.41) is 3.02. The van der Waals surface area contributed by atoms with E-state index in [1.165, 1.54) is 5.56 Å². The standard InChI is InChI=1S/C17H27NO2/c1-7-15(17(19)18-14(6)11(2)3)20-16-10-8-9-12(4)13(16)5/h8-11,14-15H,7H2,1-6H3,(H,18,19)/t14-,15-/m0/s1. The van der Waals surface area contributed by atoms with Crippen molar-refractivity contribution in [2.45, 2.75) is 60.1 Å². The van der Waals surface area contributed by atoms with Crippen LogP contribution in [0.25, 0.3) is 0 Å². The zero-order valence-electron chi connectivity index (χ0n) is 13.5. The van der Waals surface area contributed by atoms with Gasteiger partial charge in [0.05, 0.1) is 0 Å². The van der Waals surface area contributed by atoms with Gasteiger partial charge >= 0.3 is 0 Å². The number of rotatable bonds is 6. The van der Waals surface area contributed by atoms with Crippen LogP contribution in [0.4, 0.5) is 0 Å². The average Bonchev–Trinajstić information content (AvgIpc) is 2.40. The molecule has 0 aliphatic heterocycles. The molecule has 0 saturated carbocycles. The summed E-state index contributed by atoms with van der Waals surface area (Å²) in [5.41, 5.74) is 2.27. The minimum absolute atomic E-state index is 0.0328. The Morgan fingerprint density at radius 1 is 1.25 bits per heavy atom. The summed E-state index contributed by atoms with van der Waals surface area (Å²) in [6, 6.07) is 6.08. The number of hydrogen-bond acceptors (Lipinski definition) is 2. The minimum atomic E-state index is -0.434. The molecule has 0 aromatic heterocycles. The molecule has 0 aliphatic carbocycles. The highest BCUT2D eigenvalue weighted by Crippen LogP contribution is 2.22. The lowest BCUT2D eigenvalue weighted by atomic mass is 10.1. The quantitative estimate of drug-likeness (QED) is 0.862. The van der Waals surface area contributed by atoms with E-state index in [0.29, 0.717) is 12.3 Å². The van der Waals surface area contributed by atoms with Crippen LogP contribution in [0.1, 0.15) is 45.2 Å². The Kier molecular flexibility index (Phi) is 6.05. The largest absolute Gasteiger partial charge is 0.480 e. The predicted octanol–water partition coefficient (Wildman–Crippen LogP) is 3.62. The van der Waals surface area contributed by atoms with Gasteiger partial charge in [-0.2, -0.15) is 0 Å². The Labute approximate surface area is 122 Å². The lowest BCUT2D eigenvalue weighted by Crippen LogP contribution is -2.44. The van der Waals surface area contributed by atoms with Gasteiger partial charge in [-0.05, 0) is 50.3 Å². The average molecular weight is 277 g/mol. The van der Waals surface area contributed by atoms with Crippen molar-refractivity contribution in [2.75, 3.05) is 0 Å². The van der Waals surface area contributed by atoms with E-state index < -0.39 is 6.10 Å². The van der Waals surface area contributed by atoms with Crippen molar-refractivity contribution < 1.29 is 9.53 Å². The molecule has 1 amide bonds. The number of benzene rings is 1. The number of hydrogen-bond donors (Lipinski definition) is 1. The van der Waals surface area contributed by atoms with E-state index in [1.807, 2.05) is 45.9 Å². The SMILES string of the molecule is CC[C@H](Oc1cccc(C)c1C)C(=O)N[C@@H](C)C(C)C. The maximum atomic E-state index is 12.3. The molecule has 0 bridgehead atoms. The summed E-state index contributed by atoms with van der Waals surface area (Å²) in [7, 11) is 0. The Morgan fingerprint density at radius 3 is 2.45 bits per heavy atom. The molecular weight excluding hydrogens is 250 g/mol. The number of carbonyl (C=O) groups is 1. The van der Waals surface area contributed by atoms with E-state index in [1.54, 1.807) is 0 Å². The molecule has 0 saturated heterocycles. The predicted molar refractivity (Wildman–Crippen MR) is 83.1 cm³/mol. The van der Waals surface area contributed by atoms with E-state index in [4.69, 9.17) is 4.74 Å². The number of carbonyl (C=O) groups excluding carboxylic acids is 1. The Morgan fingerprint density at radius 2 is 1.90 bits per heavy atom. The Balaban J connectivity index is 2.76. The molecule has 1 N–H and O–H groups in total. The Hall–Kier alpha value is -1.51. The molecule has 0 fully saturated rings.